The van der Waals surface area contributed by atoms with Gasteiger partial charge in [0.05, 0.1) is 35.9 Å². The SMILES string of the molecule is COc1cc(Nc2ccc3c(c2)n(C)c(=O)n3C)cnc1N1CCC(C(F)(F)F)CC1. The second kappa shape index (κ2) is 7.82. The lowest BCUT2D eigenvalue weighted by Crippen LogP contribution is -2.39. The smallest absolute Gasteiger partial charge is 0.391 e. The first kappa shape index (κ1) is 21.1. The Balaban J connectivity index is 1.54. The number of nitrogens with zero attached hydrogens (tertiary/aromatic N) is 4. The monoisotopic (exact) mass is 435 g/mol. The summed E-state index contributed by atoms with van der Waals surface area (Å²) >= 11 is 0. The largest absolute Gasteiger partial charge is 0.493 e. The fourth-order valence-corrected chi connectivity index (χ4v) is 4.06. The van der Waals surface area contributed by atoms with E-state index in [0.717, 1.165) is 16.7 Å². The Morgan fingerprint density at radius 1 is 1.06 bits per heavy atom. The highest BCUT2D eigenvalue weighted by atomic mass is 19.4. The van der Waals surface area contributed by atoms with Crippen LogP contribution in [0.2, 0.25) is 0 Å². The van der Waals surface area contributed by atoms with Crippen molar-refractivity contribution < 1.29 is 17.9 Å². The summed E-state index contributed by atoms with van der Waals surface area (Å²) in [6.45, 7) is 0.554. The number of aromatic nitrogens is 3. The topological polar surface area (TPSA) is 64.3 Å². The van der Waals surface area contributed by atoms with Crippen molar-refractivity contribution in [3.05, 3.63) is 40.9 Å². The van der Waals surface area contributed by atoms with E-state index in [2.05, 4.69) is 10.3 Å². The summed E-state index contributed by atoms with van der Waals surface area (Å²) in [5.74, 6) is -0.238. The van der Waals surface area contributed by atoms with Crippen LogP contribution < -0.4 is 20.6 Å². The number of piperidine rings is 1. The molecule has 1 aromatic carbocycles. The fourth-order valence-electron chi connectivity index (χ4n) is 4.06. The van der Waals surface area contributed by atoms with E-state index in [9.17, 15) is 18.0 Å². The number of rotatable bonds is 4. The van der Waals surface area contributed by atoms with Crippen LogP contribution in [-0.2, 0) is 14.1 Å². The Labute approximate surface area is 177 Å². The zero-order chi connectivity index (χ0) is 22.3. The summed E-state index contributed by atoms with van der Waals surface area (Å²) in [5, 5.41) is 3.25. The van der Waals surface area contributed by atoms with Crippen molar-refractivity contribution in [2.75, 3.05) is 30.4 Å². The molecule has 1 N–H and O–H groups in total. The summed E-state index contributed by atoms with van der Waals surface area (Å²) in [7, 11) is 4.96. The van der Waals surface area contributed by atoms with Crippen LogP contribution in [0.25, 0.3) is 11.0 Å². The van der Waals surface area contributed by atoms with Gasteiger partial charge in [-0.3, -0.25) is 9.13 Å². The molecule has 3 aromatic rings. The van der Waals surface area contributed by atoms with Gasteiger partial charge in [0.1, 0.15) is 0 Å². The first-order valence-electron chi connectivity index (χ1n) is 9.97. The molecule has 0 unspecified atom stereocenters. The highest BCUT2D eigenvalue weighted by Gasteiger charge is 2.41. The lowest BCUT2D eigenvalue weighted by molar-refractivity contribution is -0.179. The van der Waals surface area contributed by atoms with Crippen molar-refractivity contribution in [1.82, 2.24) is 14.1 Å². The lowest BCUT2D eigenvalue weighted by atomic mass is 9.96. The Morgan fingerprint density at radius 2 is 1.74 bits per heavy atom. The maximum Gasteiger partial charge on any atom is 0.391 e. The lowest BCUT2D eigenvalue weighted by Gasteiger charge is -2.34. The number of nitrogens with one attached hydrogen (secondary N) is 1. The first-order chi connectivity index (χ1) is 14.7. The van der Waals surface area contributed by atoms with Gasteiger partial charge >= 0.3 is 11.9 Å². The molecule has 1 aliphatic rings. The number of pyridine rings is 1. The molecule has 31 heavy (non-hydrogen) atoms. The zero-order valence-electron chi connectivity index (χ0n) is 17.5. The average molecular weight is 435 g/mol. The van der Waals surface area contributed by atoms with Gasteiger partial charge in [-0.25, -0.2) is 9.78 Å². The maximum absolute atomic E-state index is 12.9. The number of methoxy groups -OCH3 is 1. The minimum atomic E-state index is -4.15. The van der Waals surface area contributed by atoms with Gasteiger partial charge in [-0.15, -0.1) is 0 Å². The van der Waals surface area contributed by atoms with Crippen LogP contribution in [0.5, 0.6) is 5.75 Å². The summed E-state index contributed by atoms with van der Waals surface area (Å²) in [6.07, 6.45) is -2.43. The average Bonchev–Trinajstić information content (AvgIpc) is 2.97. The van der Waals surface area contributed by atoms with E-state index < -0.39 is 12.1 Å². The normalized spacial score (nSPS) is 15.5. The second-order valence-corrected chi connectivity index (χ2v) is 7.78. The molecule has 0 bridgehead atoms. The van der Waals surface area contributed by atoms with E-state index in [0.29, 0.717) is 17.3 Å². The molecule has 0 aliphatic carbocycles. The Kier molecular flexibility index (Phi) is 5.32. The number of hydrogen-bond acceptors (Lipinski definition) is 5. The minimum Gasteiger partial charge on any atom is -0.493 e. The summed E-state index contributed by atoms with van der Waals surface area (Å²) in [4.78, 5) is 18.4. The molecule has 0 amide bonds. The minimum absolute atomic E-state index is 0.0458. The van der Waals surface area contributed by atoms with Crippen molar-refractivity contribution in [1.29, 1.82) is 0 Å². The van der Waals surface area contributed by atoms with Crippen molar-refractivity contribution in [3.8, 4) is 5.75 Å². The van der Waals surface area contributed by atoms with Crippen LogP contribution in [0.1, 0.15) is 12.8 Å². The number of hydrogen-bond donors (Lipinski definition) is 1. The number of alkyl halides is 3. The third-order valence-electron chi connectivity index (χ3n) is 5.87. The van der Waals surface area contributed by atoms with Crippen LogP contribution in [0, 0.1) is 5.92 Å². The van der Waals surface area contributed by atoms with E-state index in [4.69, 9.17) is 4.74 Å². The van der Waals surface area contributed by atoms with Gasteiger partial charge in [-0.1, -0.05) is 0 Å². The third kappa shape index (κ3) is 3.94. The molecule has 0 spiro atoms. The molecule has 0 atom stereocenters. The van der Waals surface area contributed by atoms with Crippen LogP contribution in [0.15, 0.2) is 35.3 Å². The predicted molar refractivity (Wildman–Crippen MR) is 113 cm³/mol. The maximum atomic E-state index is 12.9. The Hall–Kier alpha value is -3.17. The van der Waals surface area contributed by atoms with Crippen molar-refractivity contribution in [2.45, 2.75) is 19.0 Å². The standard InChI is InChI=1S/C21H24F3N5O2/c1-27-16-5-4-14(10-17(16)28(2)20(27)30)26-15-11-18(31-3)19(25-12-15)29-8-6-13(7-9-29)21(22,23)24/h4-5,10-13,26H,6-9H2,1-3H3. The van der Waals surface area contributed by atoms with E-state index in [1.807, 2.05) is 23.1 Å². The van der Waals surface area contributed by atoms with E-state index >= 15 is 0 Å². The van der Waals surface area contributed by atoms with Crippen molar-refractivity contribution in [3.63, 3.8) is 0 Å². The van der Waals surface area contributed by atoms with E-state index in [1.165, 1.54) is 7.11 Å². The number of halogens is 3. The molecule has 1 aliphatic heterocycles. The predicted octanol–water partition coefficient (Wildman–Crippen LogP) is 3.80. The fraction of sp³-hybridized carbons (Fsp3) is 0.429. The van der Waals surface area contributed by atoms with Crippen LogP contribution >= 0.6 is 0 Å². The number of imidazole rings is 1. The molecule has 4 rings (SSSR count). The van der Waals surface area contributed by atoms with Gasteiger partial charge in [-0.05, 0) is 31.0 Å². The van der Waals surface area contributed by atoms with Crippen LogP contribution in [0.4, 0.5) is 30.4 Å². The Morgan fingerprint density at radius 3 is 2.39 bits per heavy atom. The molecule has 7 nitrogen and oxygen atoms in total. The number of anilines is 3. The molecule has 3 heterocycles. The molecule has 1 fully saturated rings. The zero-order valence-corrected chi connectivity index (χ0v) is 17.5. The second-order valence-electron chi connectivity index (χ2n) is 7.78. The van der Waals surface area contributed by atoms with E-state index in [-0.39, 0.29) is 31.6 Å². The number of benzene rings is 1. The third-order valence-corrected chi connectivity index (χ3v) is 5.87. The van der Waals surface area contributed by atoms with Crippen molar-refractivity contribution >= 4 is 28.2 Å². The quantitative estimate of drug-likeness (QED) is 0.675. The number of fused-ring (bicyclic) bond motifs is 1. The first-order valence-corrected chi connectivity index (χ1v) is 9.97. The molecule has 0 saturated carbocycles. The summed E-state index contributed by atoms with van der Waals surface area (Å²) < 4.78 is 47.4. The number of ether oxygens (including phenoxy) is 1. The van der Waals surface area contributed by atoms with Gasteiger partial charge in [-0.2, -0.15) is 13.2 Å². The van der Waals surface area contributed by atoms with Crippen LogP contribution in [-0.4, -0.2) is 40.5 Å². The molecule has 0 radical (unpaired) electrons. The summed E-state index contributed by atoms with van der Waals surface area (Å²) in [5.41, 5.74) is 2.96. The molecule has 166 valence electrons. The van der Waals surface area contributed by atoms with Gasteiger partial charge in [0, 0.05) is 38.9 Å². The van der Waals surface area contributed by atoms with Crippen LogP contribution in [0.3, 0.4) is 0 Å². The molecular formula is C21H24F3N5O2. The summed E-state index contributed by atoms with van der Waals surface area (Å²) in [6, 6.07) is 7.37. The van der Waals surface area contributed by atoms with Crippen molar-refractivity contribution in [2.24, 2.45) is 20.0 Å². The Bertz CT molecular complexity index is 1160. The highest BCUT2D eigenvalue weighted by Crippen LogP contribution is 2.37. The number of aryl methyl sites for hydroxylation is 2. The molecule has 1 saturated heterocycles. The molecule has 2 aromatic heterocycles. The van der Waals surface area contributed by atoms with Gasteiger partial charge in [0.2, 0.25) is 0 Å². The molecular weight excluding hydrogens is 411 g/mol. The van der Waals surface area contributed by atoms with Gasteiger partial charge < -0.3 is 15.0 Å². The molecule has 10 heteroatoms. The van der Waals surface area contributed by atoms with Gasteiger partial charge in [0.15, 0.2) is 11.6 Å². The van der Waals surface area contributed by atoms with E-state index in [1.54, 1.807) is 35.5 Å². The highest BCUT2D eigenvalue weighted by molar-refractivity contribution is 5.81. The van der Waals surface area contributed by atoms with Gasteiger partial charge in [0.25, 0.3) is 0 Å².